The van der Waals surface area contributed by atoms with Crippen LogP contribution in [0.1, 0.15) is 0 Å². The highest BCUT2D eigenvalue weighted by Gasteiger charge is 2.16. The number of pyridine rings is 2. The van der Waals surface area contributed by atoms with Crippen molar-refractivity contribution in [3.63, 3.8) is 0 Å². The van der Waals surface area contributed by atoms with Gasteiger partial charge in [0, 0.05) is 45.6 Å². The van der Waals surface area contributed by atoms with E-state index < -0.39 is 0 Å². The Hall–Kier alpha value is -7.04. The predicted octanol–water partition coefficient (Wildman–Crippen LogP) is 12.1. The van der Waals surface area contributed by atoms with Crippen molar-refractivity contribution in [2.45, 2.75) is 0 Å². The Morgan fingerprint density at radius 2 is 0.846 bits per heavy atom. The standard InChI is InChI=1S/C48H32N4/c1-4-12-33(13-5-1)38-23-26-46-43(31-38)47(37-16-8-3-9-17-37)52-48(51-46)42-29-40(34-19-21-36(22-20-34)44-18-10-11-27-49-44)28-41(30-42)39-24-25-45(50-32-39)35-14-6-2-7-15-35/h1-32H. The lowest BCUT2D eigenvalue weighted by Gasteiger charge is -2.14. The second-order valence-electron chi connectivity index (χ2n) is 12.7. The van der Waals surface area contributed by atoms with E-state index in [0.717, 1.165) is 83.6 Å². The van der Waals surface area contributed by atoms with E-state index in [1.54, 1.807) is 0 Å². The van der Waals surface area contributed by atoms with Gasteiger partial charge in [-0.15, -0.1) is 0 Å². The molecule has 0 radical (unpaired) electrons. The van der Waals surface area contributed by atoms with Crippen molar-refractivity contribution in [2.75, 3.05) is 0 Å². The van der Waals surface area contributed by atoms with Gasteiger partial charge in [-0.05, 0) is 76.3 Å². The smallest absolute Gasteiger partial charge is 0.160 e. The Kier molecular flexibility index (Phi) is 8.16. The molecule has 9 aromatic rings. The van der Waals surface area contributed by atoms with Gasteiger partial charge in [0.15, 0.2) is 5.82 Å². The van der Waals surface area contributed by atoms with Crippen LogP contribution in [0.15, 0.2) is 194 Å². The normalized spacial score (nSPS) is 11.1. The molecule has 0 N–H and O–H groups in total. The second-order valence-corrected chi connectivity index (χ2v) is 12.7. The number of hydrogen-bond acceptors (Lipinski definition) is 4. The molecule has 244 valence electrons. The van der Waals surface area contributed by atoms with E-state index in [4.69, 9.17) is 15.0 Å². The molecule has 0 atom stereocenters. The van der Waals surface area contributed by atoms with Crippen molar-refractivity contribution < 1.29 is 0 Å². The third-order valence-electron chi connectivity index (χ3n) is 9.39. The van der Waals surface area contributed by atoms with E-state index in [-0.39, 0.29) is 0 Å². The van der Waals surface area contributed by atoms with Crippen molar-refractivity contribution in [3.05, 3.63) is 194 Å². The molecule has 0 spiro atoms. The molecule has 0 saturated heterocycles. The molecule has 0 bridgehead atoms. The first kappa shape index (κ1) is 31.0. The van der Waals surface area contributed by atoms with Gasteiger partial charge in [-0.2, -0.15) is 0 Å². The Bertz CT molecular complexity index is 2520. The van der Waals surface area contributed by atoms with Crippen LogP contribution in [-0.4, -0.2) is 19.9 Å². The quantitative estimate of drug-likeness (QED) is 0.170. The Morgan fingerprint density at radius 1 is 0.308 bits per heavy atom. The minimum atomic E-state index is 0.667. The maximum absolute atomic E-state index is 5.32. The molecular formula is C48H32N4. The number of nitrogens with zero attached hydrogens (tertiary/aromatic N) is 4. The van der Waals surface area contributed by atoms with Gasteiger partial charge in [-0.1, -0.05) is 133 Å². The third-order valence-corrected chi connectivity index (χ3v) is 9.39. The summed E-state index contributed by atoms with van der Waals surface area (Å²) in [7, 11) is 0. The van der Waals surface area contributed by atoms with Crippen molar-refractivity contribution in [1.82, 2.24) is 19.9 Å². The van der Waals surface area contributed by atoms with Gasteiger partial charge < -0.3 is 0 Å². The van der Waals surface area contributed by atoms with Crippen LogP contribution < -0.4 is 0 Å². The first-order valence-electron chi connectivity index (χ1n) is 17.4. The summed E-state index contributed by atoms with van der Waals surface area (Å²) >= 11 is 0. The SMILES string of the molecule is c1ccc(-c2ccc3nc(-c4cc(-c5ccc(-c6ccccn6)cc5)cc(-c5ccc(-c6ccccc6)nc5)c4)nc(-c4ccccc4)c3c2)cc1. The van der Waals surface area contributed by atoms with Gasteiger partial charge >= 0.3 is 0 Å². The highest BCUT2D eigenvalue weighted by atomic mass is 14.9. The molecule has 4 nitrogen and oxygen atoms in total. The van der Waals surface area contributed by atoms with E-state index in [0.29, 0.717) is 5.82 Å². The maximum atomic E-state index is 5.32. The molecule has 0 amide bonds. The van der Waals surface area contributed by atoms with Crippen molar-refractivity contribution >= 4 is 10.9 Å². The average Bonchev–Trinajstić information content (AvgIpc) is 3.24. The Labute approximate surface area is 302 Å². The number of fused-ring (bicyclic) bond motifs is 1. The van der Waals surface area contributed by atoms with E-state index >= 15 is 0 Å². The molecule has 0 aliphatic carbocycles. The zero-order valence-electron chi connectivity index (χ0n) is 28.3. The zero-order chi connectivity index (χ0) is 34.7. The van der Waals surface area contributed by atoms with Gasteiger partial charge in [0.2, 0.25) is 0 Å². The monoisotopic (exact) mass is 664 g/mol. The lowest BCUT2D eigenvalue weighted by molar-refractivity contribution is 1.23. The average molecular weight is 665 g/mol. The van der Waals surface area contributed by atoms with Crippen LogP contribution in [0.4, 0.5) is 0 Å². The largest absolute Gasteiger partial charge is 0.256 e. The van der Waals surface area contributed by atoms with Gasteiger partial charge in [0.05, 0.1) is 22.6 Å². The summed E-state index contributed by atoms with van der Waals surface area (Å²) in [5.74, 6) is 0.667. The summed E-state index contributed by atoms with van der Waals surface area (Å²) in [6, 6.07) is 63.0. The summed E-state index contributed by atoms with van der Waals surface area (Å²) in [6.07, 6.45) is 3.78. The van der Waals surface area contributed by atoms with Crippen LogP contribution in [0.25, 0.3) is 89.4 Å². The summed E-state index contributed by atoms with van der Waals surface area (Å²) < 4.78 is 0. The molecule has 52 heavy (non-hydrogen) atoms. The fraction of sp³-hybridized carbons (Fsp3) is 0. The lowest BCUT2D eigenvalue weighted by Crippen LogP contribution is -1.97. The number of aromatic nitrogens is 4. The summed E-state index contributed by atoms with van der Waals surface area (Å²) in [5, 5.41) is 1.01. The molecule has 3 aromatic heterocycles. The van der Waals surface area contributed by atoms with Gasteiger partial charge in [-0.3, -0.25) is 9.97 Å². The fourth-order valence-corrected chi connectivity index (χ4v) is 6.69. The first-order chi connectivity index (χ1) is 25.7. The minimum Gasteiger partial charge on any atom is -0.256 e. The zero-order valence-corrected chi connectivity index (χ0v) is 28.3. The molecule has 6 aromatic carbocycles. The van der Waals surface area contributed by atoms with E-state index in [2.05, 4.69) is 138 Å². The Morgan fingerprint density at radius 3 is 1.52 bits per heavy atom. The third kappa shape index (κ3) is 6.26. The maximum Gasteiger partial charge on any atom is 0.160 e. The van der Waals surface area contributed by atoms with E-state index in [1.165, 1.54) is 0 Å². The minimum absolute atomic E-state index is 0.667. The van der Waals surface area contributed by atoms with Crippen LogP contribution in [0.2, 0.25) is 0 Å². The molecular weight excluding hydrogens is 633 g/mol. The molecule has 9 rings (SSSR count). The van der Waals surface area contributed by atoms with Crippen molar-refractivity contribution in [1.29, 1.82) is 0 Å². The number of hydrogen-bond donors (Lipinski definition) is 0. The van der Waals surface area contributed by atoms with Crippen LogP contribution >= 0.6 is 0 Å². The fourth-order valence-electron chi connectivity index (χ4n) is 6.69. The summed E-state index contributed by atoms with van der Waals surface area (Å²) in [4.78, 5) is 19.9. The predicted molar refractivity (Wildman–Crippen MR) is 213 cm³/mol. The van der Waals surface area contributed by atoms with Crippen LogP contribution in [0.5, 0.6) is 0 Å². The topological polar surface area (TPSA) is 51.6 Å². The van der Waals surface area contributed by atoms with Crippen molar-refractivity contribution in [2.24, 2.45) is 0 Å². The highest BCUT2D eigenvalue weighted by molar-refractivity contribution is 5.96. The summed E-state index contributed by atoms with van der Waals surface area (Å²) in [5.41, 5.74) is 14.3. The molecule has 3 heterocycles. The molecule has 0 unspecified atom stereocenters. The molecule has 0 aliphatic rings. The van der Waals surface area contributed by atoms with Gasteiger partial charge in [-0.25, -0.2) is 9.97 Å². The first-order valence-corrected chi connectivity index (χ1v) is 17.4. The highest BCUT2D eigenvalue weighted by Crippen LogP contribution is 2.36. The summed E-state index contributed by atoms with van der Waals surface area (Å²) in [6.45, 7) is 0. The number of benzene rings is 6. The molecule has 0 fully saturated rings. The van der Waals surface area contributed by atoms with E-state index in [1.807, 2.05) is 60.9 Å². The van der Waals surface area contributed by atoms with E-state index in [9.17, 15) is 0 Å². The second kappa shape index (κ2) is 13.7. The van der Waals surface area contributed by atoms with Gasteiger partial charge in [0.1, 0.15) is 0 Å². The van der Waals surface area contributed by atoms with Crippen LogP contribution in [0.3, 0.4) is 0 Å². The lowest BCUT2D eigenvalue weighted by atomic mass is 9.95. The van der Waals surface area contributed by atoms with Crippen LogP contribution in [-0.2, 0) is 0 Å². The van der Waals surface area contributed by atoms with Crippen molar-refractivity contribution in [3.8, 4) is 78.5 Å². The van der Waals surface area contributed by atoms with Gasteiger partial charge in [0.25, 0.3) is 0 Å². The number of rotatable bonds is 7. The molecule has 0 saturated carbocycles. The molecule has 4 heteroatoms. The van der Waals surface area contributed by atoms with Crippen LogP contribution in [0, 0.1) is 0 Å². The Balaban J connectivity index is 1.20. The molecule has 0 aliphatic heterocycles.